The molecule has 3 rings (SSSR count). The minimum atomic E-state index is 0.284. The molecule has 5 heteroatoms. The molecule has 0 radical (unpaired) electrons. The van der Waals surface area contributed by atoms with E-state index in [4.69, 9.17) is 10.7 Å². The van der Waals surface area contributed by atoms with Crippen LogP contribution < -0.4 is 5.73 Å². The third-order valence-corrected chi connectivity index (χ3v) is 3.91. The molecule has 0 saturated heterocycles. The van der Waals surface area contributed by atoms with Crippen molar-refractivity contribution in [3.63, 3.8) is 0 Å². The molecule has 23 heavy (non-hydrogen) atoms. The smallest absolute Gasteiger partial charge is 0.220 e. The molecular formula is C18H20N4O. The Hall–Kier alpha value is -2.69. The van der Waals surface area contributed by atoms with Crippen molar-refractivity contribution in [3.05, 3.63) is 41.1 Å². The summed E-state index contributed by atoms with van der Waals surface area (Å²) in [5.74, 6) is 0.615. The minimum absolute atomic E-state index is 0.284. The van der Waals surface area contributed by atoms with Crippen molar-refractivity contribution in [1.29, 1.82) is 0 Å². The van der Waals surface area contributed by atoms with E-state index in [1.165, 1.54) is 0 Å². The number of aromatic hydroxyl groups is 1. The monoisotopic (exact) mass is 308 g/mol. The van der Waals surface area contributed by atoms with Crippen molar-refractivity contribution in [2.75, 3.05) is 5.73 Å². The van der Waals surface area contributed by atoms with E-state index in [2.05, 4.69) is 16.9 Å². The summed E-state index contributed by atoms with van der Waals surface area (Å²) in [6.45, 7) is 5.87. The topological polar surface area (TPSA) is 84.9 Å². The number of fused-ring (bicyclic) bond motifs is 1. The van der Waals surface area contributed by atoms with Gasteiger partial charge >= 0.3 is 0 Å². The summed E-state index contributed by atoms with van der Waals surface area (Å²) in [6, 6.07) is 7.73. The number of nitrogens with zero attached hydrogens (tertiary/aromatic N) is 3. The number of hydrogen-bond acceptors (Lipinski definition) is 5. The molecule has 5 nitrogen and oxygen atoms in total. The van der Waals surface area contributed by atoms with Crippen molar-refractivity contribution in [2.45, 2.75) is 33.6 Å². The average Bonchev–Trinajstić information content (AvgIpc) is 2.52. The molecule has 3 N–H and O–H groups in total. The van der Waals surface area contributed by atoms with E-state index in [0.29, 0.717) is 5.75 Å². The highest BCUT2D eigenvalue weighted by molar-refractivity contribution is 5.81. The van der Waals surface area contributed by atoms with Crippen LogP contribution in [-0.4, -0.2) is 20.1 Å². The zero-order valence-corrected chi connectivity index (χ0v) is 13.6. The summed E-state index contributed by atoms with van der Waals surface area (Å²) < 4.78 is 0. The van der Waals surface area contributed by atoms with Gasteiger partial charge in [-0.25, -0.2) is 15.0 Å². The van der Waals surface area contributed by atoms with Crippen LogP contribution in [0.1, 0.15) is 30.2 Å². The summed E-state index contributed by atoms with van der Waals surface area (Å²) in [5.41, 5.74) is 11.7. The van der Waals surface area contributed by atoms with E-state index in [1.807, 2.05) is 38.1 Å². The van der Waals surface area contributed by atoms with E-state index in [1.54, 1.807) is 0 Å². The molecule has 0 fully saturated rings. The summed E-state index contributed by atoms with van der Waals surface area (Å²) in [7, 11) is 0. The normalized spacial score (nSPS) is 11.1. The molecule has 0 aliphatic heterocycles. The van der Waals surface area contributed by atoms with E-state index in [-0.39, 0.29) is 5.95 Å². The van der Waals surface area contributed by atoms with Crippen LogP contribution in [0.15, 0.2) is 24.3 Å². The van der Waals surface area contributed by atoms with E-state index in [9.17, 15) is 5.11 Å². The maximum Gasteiger partial charge on any atom is 0.220 e. The predicted octanol–water partition coefficient (Wildman–Crippen LogP) is 3.55. The molecule has 118 valence electrons. The van der Waals surface area contributed by atoms with Gasteiger partial charge in [0.25, 0.3) is 0 Å². The van der Waals surface area contributed by atoms with Crippen LogP contribution in [0.5, 0.6) is 5.75 Å². The molecule has 0 atom stereocenters. The molecule has 3 aromatic rings. The zero-order chi connectivity index (χ0) is 16.6. The Bertz CT molecular complexity index is 867. The van der Waals surface area contributed by atoms with E-state index in [0.717, 1.165) is 52.0 Å². The molecule has 2 heterocycles. The first kappa shape index (κ1) is 15.2. The molecule has 0 amide bonds. The second-order valence-electron chi connectivity index (χ2n) is 5.80. The first-order valence-corrected chi connectivity index (χ1v) is 7.73. The van der Waals surface area contributed by atoms with Gasteiger partial charge in [0.1, 0.15) is 11.3 Å². The summed E-state index contributed by atoms with van der Waals surface area (Å²) >= 11 is 0. The van der Waals surface area contributed by atoms with Crippen molar-refractivity contribution in [2.24, 2.45) is 0 Å². The minimum Gasteiger partial charge on any atom is -0.507 e. The third-order valence-electron chi connectivity index (χ3n) is 3.91. The third kappa shape index (κ3) is 2.82. The fourth-order valence-electron chi connectivity index (χ4n) is 2.77. The maximum atomic E-state index is 9.94. The van der Waals surface area contributed by atoms with Crippen molar-refractivity contribution in [1.82, 2.24) is 15.0 Å². The Morgan fingerprint density at radius 3 is 2.39 bits per heavy atom. The van der Waals surface area contributed by atoms with Gasteiger partial charge in [-0.3, -0.25) is 0 Å². The molecule has 0 spiro atoms. The Morgan fingerprint density at radius 2 is 1.74 bits per heavy atom. The van der Waals surface area contributed by atoms with Gasteiger partial charge in [-0.15, -0.1) is 0 Å². The number of aromatic nitrogens is 3. The quantitative estimate of drug-likeness (QED) is 0.773. The van der Waals surface area contributed by atoms with Crippen LogP contribution in [0, 0.1) is 13.8 Å². The number of nitrogen functional groups attached to an aromatic ring is 1. The van der Waals surface area contributed by atoms with E-state index < -0.39 is 0 Å². The molecule has 0 aliphatic carbocycles. The van der Waals surface area contributed by atoms with Gasteiger partial charge in [-0.1, -0.05) is 13.3 Å². The Labute approximate surface area is 135 Å². The SMILES string of the molecule is CCCc1nc(N)nc2ccc(-c3cc(C)c(O)c(C)c3)nc12. The van der Waals surface area contributed by atoms with Crippen LogP contribution in [0.3, 0.4) is 0 Å². The number of benzene rings is 1. The standard InChI is InChI=1S/C18H20N4O/c1-4-5-14-16-15(22-18(19)21-14)7-6-13(20-16)12-8-10(2)17(23)11(3)9-12/h6-9,23H,4-5H2,1-3H3,(H2,19,21,22). The van der Waals surface area contributed by atoms with Gasteiger partial charge in [0, 0.05) is 5.56 Å². The van der Waals surface area contributed by atoms with Crippen molar-refractivity contribution < 1.29 is 5.11 Å². The second-order valence-corrected chi connectivity index (χ2v) is 5.80. The number of phenolic OH excluding ortho intramolecular Hbond substituents is 1. The Kier molecular flexibility index (Phi) is 3.86. The molecule has 0 bridgehead atoms. The fraction of sp³-hybridized carbons (Fsp3) is 0.278. The Balaban J connectivity index is 2.20. The predicted molar refractivity (Wildman–Crippen MR) is 92.3 cm³/mol. The second kappa shape index (κ2) is 5.83. The van der Waals surface area contributed by atoms with Crippen LogP contribution in [0.4, 0.5) is 5.95 Å². The zero-order valence-electron chi connectivity index (χ0n) is 13.6. The number of nitrogens with two attached hydrogens (primary N) is 1. The van der Waals surface area contributed by atoms with Gasteiger partial charge in [0.2, 0.25) is 5.95 Å². The van der Waals surface area contributed by atoms with Gasteiger partial charge in [0.15, 0.2) is 0 Å². The van der Waals surface area contributed by atoms with Crippen molar-refractivity contribution >= 4 is 17.0 Å². The lowest BCUT2D eigenvalue weighted by atomic mass is 10.0. The number of anilines is 1. The largest absolute Gasteiger partial charge is 0.507 e. The summed E-state index contributed by atoms with van der Waals surface area (Å²) in [5, 5.41) is 9.94. The maximum absolute atomic E-state index is 9.94. The lowest BCUT2D eigenvalue weighted by Gasteiger charge is -2.10. The fourth-order valence-corrected chi connectivity index (χ4v) is 2.77. The van der Waals surface area contributed by atoms with Crippen molar-refractivity contribution in [3.8, 4) is 17.0 Å². The first-order chi connectivity index (χ1) is 11.0. The lowest BCUT2D eigenvalue weighted by molar-refractivity contribution is 0.467. The highest BCUT2D eigenvalue weighted by Crippen LogP contribution is 2.29. The summed E-state index contributed by atoms with van der Waals surface area (Å²) in [4.78, 5) is 13.4. The van der Waals surface area contributed by atoms with Crippen LogP contribution >= 0.6 is 0 Å². The number of aryl methyl sites for hydroxylation is 3. The molecular weight excluding hydrogens is 288 g/mol. The number of phenols is 1. The van der Waals surface area contributed by atoms with Gasteiger partial charge in [-0.2, -0.15) is 0 Å². The molecule has 0 saturated carbocycles. The van der Waals surface area contributed by atoms with Crippen LogP contribution in [0.2, 0.25) is 0 Å². The molecule has 0 unspecified atom stereocenters. The van der Waals surface area contributed by atoms with E-state index >= 15 is 0 Å². The number of hydrogen-bond donors (Lipinski definition) is 2. The number of pyridine rings is 1. The molecule has 0 aliphatic rings. The molecule has 1 aromatic carbocycles. The van der Waals surface area contributed by atoms with Gasteiger partial charge in [-0.05, 0) is 55.7 Å². The number of rotatable bonds is 3. The average molecular weight is 308 g/mol. The van der Waals surface area contributed by atoms with Crippen LogP contribution in [-0.2, 0) is 6.42 Å². The molecule has 2 aromatic heterocycles. The highest BCUT2D eigenvalue weighted by atomic mass is 16.3. The Morgan fingerprint density at radius 1 is 1.04 bits per heavy atom. The van der Waals surface area contributed by atoms with Gasteiger partial charge < -0.3 is 10.8 Å². The van der Waals surface area contributed by atoms with Crippen LogP contribution in [0.25, 0.3) is 22.3 Å². The van der Waals surface area contributed by atoms with Gasteiger partial charge in [0.05, 0.1) is 16.9 Å². The highest BCUT2D eigenvalue weighted by Gasteiger charge is 2.11. The first-order valence-electron chi connectivity index (χ1n) is 7.73. The summed E-state index contributed by atoms with van der Waals surface area (Å²) in [6.07, 6.45) is 1.78. The lowest BCUT2D eigenvalue weighted by Crippen LogP contribution is -2.02.